The number of nitrogens with zero attached hydrogens (tertiary/aromatic N) is 2. The zero-order chi connectivity index (χ0) is 13.8. The van der Waals surface area contributed by atoms with Crippen molar-refractivity contribution < 1.29 is 8.78 Å². The molecule has 0 radical (unpaired) electrons. The monoisotopic (exact) mass is 265 g/mol. The molecule has 0 aliphatic carbocycles. The van der Waals surface area contributed by atoms with Crippen molar-refractivity contribution >= 4 is 23.0 Å². The van der Waals surface area contributed by atoms with Crippen LogP contribution in [0, 0.1) is 11.6 Å². The van der Waals surface area contributed by atoms with Crippen molar-refractivity contribution in [2.75, 3.05) is 22.9 Å². The van der Waals surface area contributed by atoms with Gasteiger partial charge in [0.25, 0.3) is 0 Å². The fraction of sp³-hybridized carbons (Fsp3) is 0.167. The first kappa shape index (κ1) is 13.0. The molecule has 0 saturated heterocycles. The van der Waals surface area contributed by atoms with Gasteiger partial charge in [0.1, 0.15) is 23.6 Å². The number of benzene rings is 1. The van der Waals surface area contributed by atoms with Gasteiger partial charge < -0.3 is 16.4 Å². The summed E-state index contributed by atoms with van der Waals surface area (Å²) in [6, 6.07) is 3.21. The Bertz CT molecular complexity index is 588. The second-order valence-corrected chi connectivity index (χ2v) is 3.76. The SMILES string of the molecule is CCNc1ncnc(Nc2ccc(F)cc2F)c1N. The molecular formula is C12H13F2N5. The lowest BCUT2D eigenvalue weighted by molar-refractivity contribution is 0.586. The molecule has 19 heavy (non-hydrogen) atoms. The van der Waals surface area contributed by atoms with Gasteiger partial charge in [0.15, 0.2) is 11.6 Å². The first-order valence-corrected chi connectivity index (χ1v) is 5.68. The molecule has 1 aromatic heterocycles. The molecule has 0 bridgehead atoms. The highest BCUT2D eigenvalue weighted by atomic mass is 19.1. The molecule has 0 fully saturated rings. The summed E-state index contributed by atoms with van der Waals surface area (Å²) < 4.78 is 26.3. The van der Waals surface area contributed by atoms with Crippen LogP contribution >= 0.6 is 0 Å². The number of aromatic nitrogens is 2. The summed E-state index contributed by atoms with van der Waals surface area (Å²) in [4.78, 5) is 7.90. The summed E-state index contributed by atoms with van der Waals surface area (Å²) in [6.45, 7) is 2.54. The maximum absolute atomic E-state index is 13.5. The molecule has 1 heterocycles. The van der Waals surface area contributed by atoms with E-state index in [4.69, 9.17) is 5.73 Å². The smallest absolute Gasteiger partial charge is 0.159 e. The van der Waals surface area contributed by atoms with Crippen LogP contribution in [0.1, 0.15) is 6.92 Å². The van der Waals surface area contributed by atoms with Crippen LogP contribution in [0.2, 0.25) is 0 Å². The molecule has 0 aliphatic heterocycles. The number of nitrogen functional groups attached to an aromatic ring is 1. The molecule has 0 saturated carbocycles. The van der Waals surface area contributed by atoms with Crippen LogP contribution < -0.4 is 16.4 Å². The fourth-order valence-corrected chi connectivity index (χ4v) is 1.52. The molecule has 0 atom stereocenters. The van der Waals surface area contributed by atoms with E-state index in [9.17, 15) is 8.78 Å². The molecule has 1 aromatic carbocycles. The number of anilines is 4. The molecule has 5 nitrogen and oxygen atoms in total. The van der Waals surface area contributed by atoms with Gasteiger partial charge in [-0.2, -0.15) is 0 Å². The lowest BCUT2D eigenvalue weighted by Gasteiger charge is -2.12. The predicted octanol–water partition coefficient (Wildman–Crippen LogP) is 2.51. The minimum absolute atomic E-state index is 0.0919. The van der Waals surface area contributed by atoms with Crippen LogP contribution in [-0.2, 0) is 0 Å². The molecular weight excluding hydrogens is 252 g/mol. The number of nitrogens with two attached hydrogens (primary N) is 1. The Hall–Kier alpha value is -2.44. The van der Waals surface area contributed by atoms with E-state index in [1.807, 2.05) is 6.92 Å². The third-order valence-electron chi connectivity index (χ3n) is 2.41. The second-order valence-electron chi connectivity index (χ2n) is 3.76. The average Bonchev–Trinajstić information content (AvgIpc) is 2.37. The molecule has 2 rings (SSSR count). The number of rotatable bonds is 4. The summed E-state index contributed by atoms with van der Waals surface area (Å²) in [7, 11) is 0. The zero-order valence-electron chi connectivity index (χ0n) is 10.2. The van der Waals surface area contributed by atoms with Gasteiger partial charge in [-0.15, -0.1) is 0 Å². The van der Waals surface area contributed by atoms with Gasteiger partial charge in [0.05, 0.1) is 5.69 Å². The number of nitrogens with one attached hydrogen (secondary N) is 2. The van der Waals surface area contributed by atoms with E-state index in [0.717, 1.165) is 12.1 Å². The number of hydrogen-bond donors (Lipinski definition) is 3. The van der Waals surface area contributed by atoms with E-state index >= 15 is 0 Å². The lowest BCUT2D eigenvalue weighted by atomic mass is 10.3. The van der Waals surface area contributed by atoms with Crippen molar-refractivity contribution in [3.05, 3.63) is 36.2 Å². The normalized spacial score (nSPS) is 10.3. The van der Waals surface area contributed by atoms with Gasteiger partial charge in [-0.05, 0) is 19.1 Å². The lowest BCUT2D eigenvalue weighted by Crippen LogP contribution is -2.08. The standard InChI is InChI=1S/C12H13F2N5/c1-2-16-11-10(15)12(18-6-17-11)19-9-4-3-7(13)5-8(9)14/h3-6H,2,15H2,1H3,(H2,16,17,18,19). The van der Waals surface area contributed by atoms with E-state index in [1.54, 1.807) is 0 Å². The maximum Gasteiger partial charge on any atom is 0.159 e. The molecule has 0 aliphatic rings. The van der Waals surface area contributed by atoms with E-state index in [-0.39, 0.29) is 17.2 Å². The second kappa shape index (κ2) is 5.47. The Morgan fingerprint density at radius 2 is 1.95 bits per heavy atom. The van der Waals surface area contributed by atoms with Gasteiger partial charge in [0.2, 0.25) is 0 Å². The average molecular weight is 265 g/mol. The van der Waals surface area contributed by atoms with Crippen LogP contribution in [0.15, 0.2) is 24.5 Å². The van der Waals surface area contributed by atoms with Crippen molar-refractivity contribution in [1.29, 1.82) is 0 Å². The Balaban J connectivity index is 2.30. The molecule has 100 valence electrons. The van der Waals surface area contributed by atoms with E-state index in [0.29, 0.717) is 12.4 Å². The van der Waals surface area contributed by atoms with Crippen molar-refractivity contribution in [3.8, 4) is 0 Å². The van der Waals surface area contributed by atoms with Gasteiger partial charge in [0, 0.05) is 12.6 Å². The number of halogens is 2. The minimum atomic E-state index is -0.719. The molecule has 0 unspecified atom stereocenters. The summed E-state index contributed by atoms with van der Waals surface area (Å²) in [5.41, 5.74) is 6.21. The van der Waals surface area contributed by atoms with Crippen molar-refractivity contribution in [3.63, 3.8) is 0 Å². The Morgan fingerprint density at radius 3 is 2.63 bits per heavy atom. The van der Waals surface area contributed by atoms with Crippen molar-refractivity contribution in [2.45, 2.75) is 6.92 Å². The molecule has 2 aromatic rings. The maximum atomic E-state index is 13.5. The number of hydrogen-bond acceptors (Lipinski definition) is 5. The van der Waals surface area contributed by atoms with Crippen LogP contribution in [-0.4, -0.2) is 16.5 Å². The fourth-order valence-electron chi connectivity index (χ4n) is 1.52. The van der Waals surface area contributed by atoms with Gasteiger partial charge in [-0.25, -0.2) is 18.7 Å². The van der Waals surface area contributed by atoms with E-state index < -0.39 is 11.6 Å². The minimum Gasteiger partial charge on any atom is -0.393 e. The van der Waals surface area contributed by atoms with Crippen molar-refractivity contribution in [1.82, 2.24) is 9.97 Å². The highest BCUT2D eigenvalue weighted by molar-refractivity contribution is 5.77. The summed E-state index contributed by atoms with van der Waals surface area (Å²) in [6.07, 6.45) is 1.30. The zero-order valence-corrected chi connectivity index (χ0v) is 10.2. The first-order chi connectivity index (χ1) is 9.11. The highest BCUT2D eigenvalue weighted by Crippen LogP contribution is 2.26. The largest absolute Gasteiger partial charge is 0.393 e. The third kappa shape index (κ3) is 2.87. The van der Waals surface area contributed by atoms with Crippen LogP contribution in [0.5, 0.6) is 0 Å². The molecule has 4 N–H and O–H groups in total. The van der Waals surface area contributed by atoms with Crippen LogP contribution in [0.3, 0.4) is 0 Å². The van der Waals surface area contributed by atoms with Crippen LogP contribution in [0.25, 0.3) is 0 Å². The highest BCUT2D eigenvalue weighted by Gasteiger charge is 2.10. The topological polar surface area (TPSA) is 75.9 Å². The summed E-state index contributed by atoms with van der Waals surface area (Å²) >= 11 is 0. The van der Waals surface area contributed by atoms with E-state index in [2.05, 4.69) is 20.6 Å². The Morgan fingerprint density at radius 1 is 1.21 bits per heavy atom. The van der Waals surface area contributed by atoms with Crippen molar-refractivity contribution in [2.24, 2.45) is 0 Å². The molecule has 7 heteroatoms. The molecule has 0 amide bonds. The Kier molecular flexibility index (Phi) is 3.74. The van der Waals surface area contributed by atoms with Gasteiger partial charge >= 0.3 is 0 Å². The van der Waals surface area contributed by atoms with Gasteiger partial charge in [-0.1, -0.05) is 0 Å². The first-order valence-electron chi connectivity index (χ1n) is 5.68. The summed E-state index contributed by atoms with van der Waals surface area (Å²) in [5.74, 6) is -0.644. The molecule has 0 spiro atoms. The summed E-state index contributed by atoms with van der Waals surface area (Å²) in [5, 5.41) is 5.66. The quantitative estimate of drug-likeness (QED) is 0.792. The van der Waals surface area contributed by atoms with Gasteiger partial charge in [-0.3, -0.25) is 0 Å². The Labute approximate surface area is 108 Å². The third-order valence-corrected chi connectivity index (χ3v) is 2.41. The van der Waals surface area contributed by atoms with E-state index in [1.165, 1.54) is 12.4 Å². The van der Waals surface area contributed by atoms with Crippen LogP contribution in [0.4, 0.5) is 31.8 Å². The predicted molar refractivity (Wildman–Crippen MR) is 70.2 cm³/mol.